The van der Waals surface area contributed by atoms with Gasteiger partial charge in [0.05, 0.1) is 6.20 Å². The Hall–Kier alpha value is -1.09. The maximum atomic E-state index is 4.01. The summed E-state index contributed by atoms with van der Waals surface area (Å²) in [6.07, 6.45) is 3.55. The highest BCUT2D eigenvalue weighted by Gasteiger charge is 1.98. The molecule has 0 saturated heterocycles. The van der Waals surface area contributed by atoms with E-state index in [4.69, 9.17) is 0 Å². The fourth-order valence-electron chi connectivity index (χ4n) is 1.06. The SMILES string of the molecule is Brc1cncn1-c1ccccc1. The van der Waals surface area contributed by atoms with Crippen molar-refractivity contribution in [1.29, 1.82) is 0 Å². The van der Waals surface area contributed by atoms with E-state index in [-0.39, 0.29) is 0 Å². The van der Waals surface area contributed by atoms with Crippen LogP contribution in [0.2, 0.25) is 0 Å². The van der Waals surface area contributed by atoms with Crippen LogP contribution in [0.3, 0.4) is 0 Å². The maximum absolute atomic E-state index is 4.01. The van der Waals surface area contributed by atoms with Crippen molar-refractivity contribution in [2.24, 2.45) is 0 Å². The van der Waals surface area contributed by atoms with Crippen molar-refractivity contribution in [1.82, 2.24) is 9.55 Å². The van der Waals surface area contributed by atoms with E-state index in [1.807, 2.05) is 34.9 Å². The molecule has 0 fully saturated rings. The predicted octanol–water partition coefficient (Wildman–Crippen LogP) is 2.63. The molecular weight excluding hydrogens is 216 g/mol. The Morgan fingerprint density at radius 2 is 1.92 bits per heavy atom. The maximum Gasteiger partial charge on any atom is 0.109 e. The molecular formula is C9H7BrN2. The fourth-order valence-corrected chi connectivity index (χ4v) is 1.47. The van der Waals surface area contributed by atoms with Gasteiger partial charge in [0, 0.05) is 5.69 Å². The van der Waals surface area contributed by atoms with Crippen molar-refractivity contribution in [3.63, 3.8) is 0 Å². The van der Waals surface area contributed by atoms with E-state index in [1.54, 1.807) is 12.5 Å². The normalized spacial score (nSPS) is 10.1. The van der Waals surface area contributed by atoms with Crippen molar-refractivity contribution in [3.05, 3.63) is 47.5 Å². The van der Waals surface area contributed by atoms with Gasteiger partial charge in [-0.1, -0.05) is 18.2 Å². The zero-order valence-corrected chi connectivity index (χ0v) is 7.90. The Bertz CT molecular complexity index is 367. The van der Waals surface area contributed by atoms with Gasteiger partial charge < -0.3 is 0 Å². The lowest BCUT2D eigenvalue weighted by molar-refractivity contribution is 1.03. The number of hydrogen-bond acceptors (Lipinski definition) is 1. The molecule has 1 aromatic heterocycles. The molecule has 0 aliphatic heterocycles. The first-order valence-electron chi connectivity index (χ1n) is 3.61. The van der Waals surface area contributed by atoms with Crippen LogP contribution in [0.15, 0.2) is 47.5 Å². The van der Waals surface area contributed by atoms with Gasteiger partial charge in [0.15, 0.2) is 0 Å². The number of benzene rings is 1. The zero-order chi connectivity index (χ0) is 8.39. The first-order chi connectivity index (χ1) is 5.88. The third kappa shape index (κ3) is 1.28. The topological polar surface area (TPSA) is 17.8 Å². The molecule has 2 nitrogen and oxygen atoms in total. The largest absolute Gasteiger partial charge is 0.293 e. The molecule has 3 heteroatoms. The molecule has 0 radical (unpaired) electrons. The minimum Gasteiger partial charge on any atom is -0.293 e. The van der Waals surface area contributed by atoms with Crippen LogP contribution in [0, 0.1) is 0 Å². The third-order valence-electron chi connectivity index (χ3n) is 1.63. The smallest absolute Gasteiger partial charge is 0.109 e. The standard InChI is InChI=1S/C9H7BrN2/c10-9-6-11-7-12(9)8-4-2-1-3-5-8/h1-7H. The number of aromatic nitrogens is 2. The Kier molecular flexibility index (Phi) is 1.96. The molecule has 2 rings (SSSR count). The van der Waals surface area contributed by atoms with Gasteiger partial charge >= 0.3 is 0 Å². The quantitative estimate of drug-likeness (QED) is 0.726. The predicted molar refractivity (Wildman–Crippen MR) is 51.3 cm³/mol. The summed E-state index contributed by atoms with van der Waals surface area (Å²) in [5.74, 6) is 0. The Morgan fingerprint density at radius 3 is 2.50 bits per heavy atom. The molecule has 0 saturated carbocycles. The molecule has 0 N–H and O–H groups in total. The number of halogens is 1. The average Bonchev–Trinajstić information content (AvgIpc) is 2.53. The lowest BCUT2D eigenvalue weighted by Gasteiger charge is -2.01. The number of rotatable bonds is 1. The van der Waals surface area contributed by atoms with Crippen LogP contribution < -0.4 is 0 Å². The van der Waals surface area contributed by atoms with Crippen LogP contribution in [-0.4, -0.2) is 9.55 Å². The second-order valence-corrected chi connectivity index (χ2v) is 3.23. The summed E-state index contributed by atoms with van der Waals surface area (Å²) in [6.45, 7) is 0. The molecule has 0 aliphatic rings. The minimum absolute atomic E-state index is 0.966. The first-order valence-corrected chi connectivity index (χ1v) is 4.40. The molecule has 0 bridgehead atoms. The molecule has 0 amide bonds. The minimum atomic E-state index is 0.966. The highest BCUT2D eigenvalue weighted by Crippen LogP contribution is 2.14. The van der Waals surface area contributed by atoms with Crippen LogP contribution >= 0.6 is 15.9 Å². The number of imidazole rings is 1. The first kappa shape index (κ1) is 7.55. The monoisotopic (exact) mass is 222 g/mol. The van der Waals surface area contributed by atoms with Gasteiger partial charge in [-0.15, -0.1) is 0 Å². The Balaban J connectivity index is 2.51. The van der Waals surface area contributed by atoms with Crippen molar-refractivity contribution in [2.45, 2.75) is 0 Å². The van der Waals surface area contributed by atoms with E-state index in [0.717, 1.165) is 10.3 Å². The number of nitrogens with zero attached hydrogens (tertiary/aromatic N) is 2. The van der Waals surface area contributed by atoms with E-state index in [2.05, 4.69) is 20.9 Å². The van der Waals surface area contributed by atoms with Crippen LogP contribution in [0.5, 0.6) is 0 Å². The molecule has 1 aromatic carbocycles. The van der Waals surface area contributed by atoms with Crippen LogP contribution in [0.25, 0.3) is 5.69 Å². The summed E-state index contributed by atoms with van der Waals surface area (Å²) in [6, 6.07) is 10.1. The molecule has 0 aliphatic carbocycles. The molecule has 60 valence electrons. The van der Waals surface area contributed by atoms with Gasteiger partial charge in [-0.2, -0.15) is 0 Å². The van der Waals surface area contributed by atoms with Crippen LogP contribution in [0.4, 0.5) is 0 Å². The third-order valence-corrected chi connectivity index (χ3v) is 2.21. The van der Waals surface area contributed by atoms with Crippen molar-refractivity contribution in [3.8, 4) is 5.69 Å². The second kappa shape index (κ2) is 3.11. The van der Waals surface area contributed by atoms with E-state index < -0.39 is 0 Å². The van der Waals surface area contributed by atoms with E-state index in [9.17, 15) is 0 Å². The summed E-state index contributed by atoms with van der Waals surface area (Å²) < 4.78 is 2.94. The summed E-state index contributed by atoms with van der Waals surface area (Å²) in [7, 11) is 0. The average molecular weight is 223 g/mol. The van der Waals surface area contributed by atoms with Crippen molar-refractivity contribution < 1.29 is 0 Å². The number of para-hydroxylation sites is 1. The highest BCUT2D eigenvalue weighted by molar-refractivity contribution is 9.10. The lowest BCUT2D eigenvalue weighted by Crippen LogP contribution is -1.90. The van der Waals surface area contributed by atoms with Gasteiger partial charge in [-0.25, -0.2) is 4.98 Å². The lowest BCUT2D eigenvalue weighted by atomic mass is 10.3. The molecule has 0 atom stereocenters. The van der Waals surface area contributed by atoms with Crippen LogP contribution in [0.1, 0.15) is 0 Å². The van der Waals surface area contributed by atoms with Gasteiger partial charge in [0.2, 0.25) is 0 Å². The molecule has 1 heterocycles. The van der Waals surface area contributed by atoms with E-state index >= 15 is 0 Å². The van der Waals surface area contributed by atoms with Gasteiger partial charge in [0.1, 0.15) is 10.9 Å². The zero-order valence-electron chi connectivity index (χ0n) is 6.31. The van der Waals surface area contributed by atoms with Gasteiger partial charge in [0.25, 0.3) is 0 Å². The Morgan fingerprint density at radius 1 is 1.17 bits per heavy atom. The van der Waals surface area contributed by atoms with E-state index in [0.29, 0.717) is 0 Å². The number of hydrogen-bond donors (Lipinski definition) is 0. The molecule has 0 unspecified atom stereocenters. The molecule has 2 aromatic rings. The highest BCUT2D eigenvalue weighted by atomic mass is 79.9. The second-order valence-electron chi connectivity index (χ2n) is 2.42. The van der Waals surface area contributed by atoms with Crippen LogP contribution in [-0.2, 0) is 0 Å². The van der Waals surface area contributed by atoms with Gasteiger partial charge in [-0.05, 0) is 28.1 Å². The summed E-state index contributed by atoms with van der Waals surface area (Å²) in [5.41, 5.74) is 1.11. The summed E-state index contributed by atoms with van der Waals surface area (Å²) in [4.78, 5) is 4.01. The molecule has 0 spiro atoms. The van der Waals surface area contributed by atoms with Gasteiger partial charge in [-0.3, -0.25) is 4.57 Å². The Labute approximate surface area is 79.0 Å². The molecule has 12 heavy (non-hydrogen) atoms. The van der Waals surface area contributed by atoms with Crippen molar-refractivity contribution in [2.75, 3.05) is 0 Å². The van der Waals surface area contributed by atoms with Crippen molar-refractivity contribution >= 4 is 15.9 Å². The summed E-state index contributed by atoms with van der Waals surface area (Å²) in [5, 5.41) is 0. The fraction of sp³-hybridized carbons (Fsp3) is 0. The van der Waals surface area contributed by atoms with E-state index in [1.165, 1.54) is 0 Å². The summed E-state index contributed by atoms with van der Waals surface area (Å²) >= 11 is 3.40.